The van der Waals surface area contributed by atoms with Crippen molar-refractivity contribution in [2.24, 2.45) is 0 Å². The van der Waals surface area contributed by atoms with E-state index in [-0.39, 0.29) is 12.1 Å². The Hall–Kier alpha value is -2.82. The number of hydrogen-bond acceptors (Lipinski definition) is 4. The van der Waals surface area contributed by atoms with Gasteiger partial charge < -0.3 is 10.5 Å². The van der Waals surface area contributed by atoms with Gasteiger partial charge in [-0.05, 0) is 47.4 Å². The second kappa shape index (κ2) is 8.25. The van der Waals surface area contributed by atoms with Gasteiger partial charge in [-0.25, -0.2) is 10.9 Å². The monoisotopic (exact) mass is 359 g/mol. The van der Waals surface area contributed by atoms with Gasteiger partial charge in [0.05, 0.1) is 6.61 Å². The van der Waals surface area contributed by atoms with Crippen LogP contribution in [0.15, 0.2) is 78.9 Å². The SMILES string of the molecule is Nc1ccc(C2CC(c3ccc(OCCc4ccccc4)cc3)NN2)cc1. The first-order valence-electron chi connectivity index (χ1n) is 9.41. The van der Waals surface area contributed by atoms with Crippen molar-refractivity contribution in [3.05, 3.63) is 95.6 Å². The van der Waals surface area contributed by atoms with Crippen molar-refractivity contribution in [1.29, 1.82) is 0 Å². The van der Waals surface area contributed by atoms with Crippen LogP contribution in [0.3, 0.4) is 0 Å². The van der Waals surface area contributed by atoms with Gasteiger partial charge in [0, 0.05) is 24.2 Å². The smallest absolute Gasteiger partial charge is 0.119 e. The number of nitrogen functional groups attached to an aromatic ring is 1. The van der Waals surface area contributed by atoms with Gasteiger partial charge in [-0.3, -0.25) is 0 Å². The Kier molecular flexibility index (Phi) is 5.37. The van der Waals surface area contributed by atoms with E-state index in [9.17, 15) is 0 Å². The maximum absolute atomic E-state index is 5.88. The molecular weight excluding hydrogens is 334 g/mol. The largest absolute Gasteiger partial charge is 0.493 e. The molecule has 0 radical (unpaired) electrons. The standard InChI is InChI=1S/C23H25N3O/c24-20-10-6-18(7-11-20)22-16-23(26-25-22)19-8-12-21(13-9-19)27-15-14-17-4-2-1-3-5-17/h1-13,22-23,25-26H,14-16,24H2. The lowest BCUT2D eigenvalue weighted by atomic mass is 9.97. The van der Waals surface area contributed by atoms with Crippen molar-refractivity contribution < 1.29 is 4.74 Å². The third kappa shape index (κ3) is 4.48. The number of anilines is 1. The lowest BCUT2D eigenvalue weighted by Gasteiger charge is -2.12. The first kappa shape index (κ1) is 17.6. The molecular formula is C23H25N3O. The van der Waals surface area contributed by atoms with Gasteiger partial charge >= 0.3 is 0 Å². The average molecular weight is 359 g/mol. The summed E-state index contributed by atoms with van der Waals surface area (Å²) in [5.74, 6) is 0.913. The predicted octanol–water partition coefficient (Wildman–Crippen LogP) is 4.17. The van der Waals surface area contributed by atoms with Gasteiger partial charge in [-0.1, -0.05) is 54.6 Å². The van der Waals surface area contributed by atoms with Gasteiger partial charge in [0.15, 0.2) is 0 Å². The van der Waals surface area contributed by atoms with Crippen molar-refractivity contribution in [3.63, 3.8) is 0 Å². The van der Waals surface area contributed by atoms with Gasteiger partial charge in [-0.2, -0.15) is 0 Å². The Balaban J connectivity index is 1.30. The molecule has 1 fully saturated rings. The second-order valence-electron chi connectivity index (χ2n) is 6.95. The lowest BCUT2D eigenvalue weighted by Crippen LogP contribution is -2.26. The van der Waals surface area contributed by atoms with Crippen molar-refractivity contribution in [2.75, 3.05) is 12.3 Å². The molecule has 3 aromatic carbocycles. The molecule has 3 aromatic rings. The van der Waals surface area contributed by atoms with E-state index in [0.717, 1.165) is 24.3 Å². The third-order valence-corrected chi connectivity index (χ3v) is 5.03. The molecule has 4 N–H and O–H groups in total. The molecule has 138 valence electrons. The molecule has 0 saturated carbocycles. The number of nitrogens with two attached hydrogens (primary N) is 1. The molecule has 27 heavy (non-hydrogen) atoms. The first-order valence-corrected chi connectivity index (χ1v) is 9.41. The van der Waals surface area contributed by atoms with Crippen LogP contribution < -0.4 is 21.3 Å². The molecule has 1 aliphatic rings. The molecule has 2 unspecified atom stereocenters. The molecule has 0 amide bonds. The van der Waals surface area contributed by atoms with Gasteiger partial charge in [0.2, 0.25) is 0 Å². The Labute approximate surface area is 160 Å². The number of nitrogens with one attached hydrogen (secondary N) is 2. The van der Waals surface area contributed by atoms with E-state index in [1.165, 1.54) is 16.7 Å². The Morgan fingerprint density at radius 3 is 2.00 bits per heavy atom. The zero-order valence-electron chi connectivity index (χ0n) is 15.3. The Morgan fingerprint density at radius 1 is 0.778 bits per heavy atom. The number of benzene rings is 3. The molecule has 1 saturated heterocycles. The highest BCUT2D eigenvalue weighted by Crippen LogP contribution is 2.31. The van der Waals surface area contributed by atoms with Gasteiger partial charge in [0.1, 0.15) is 5.75 Å². The number of rotatable bonds is 6. The fourth-order valence-corrected chi connectivity index (χ4v) is 3.45. The maximum Gasteiger partial charge on any atom is 0.119 e. The van der Waals surface area contributed by atoms with Gasteiger partial charge in [-0.15, -0.1) is 0 Å². The normalized spacial score (nSPS) is 19.1. The summed E-state index contributed by atoms with van der Waals surface area (Å²) in [7, 11) is 0. The lowest BCUT2D eigenvalue weighted by molar-refractivity contribution is 0.322. The molecule has 0 aliphatic carbocycles. The van der Waals surface area contributed by atoms with Crippen molar-refractivity contribution in [3.8, 4) is 5.75 Å². The van der Waals surface area contributed by atoms with Crippen LogP contribution in [0.1, 0.15) is 35.2 Å². The molecule has 1 aliphatic heterocycles. The minimum atomic E-state index is 0.283. The van der Waals surface area contributed by atoms with E-state index < -0.39 is 0 Å². The van der Waals surface area contributed by atoms with Crippen LogP contribution in [0.5, 0.6) is 5.75 Å². The molecule has 2 atom stereocenters. The predicted molar refractivity (Wildman–Crippen MR) is 109 cm³/mol. The fourth-order valence-electron chi connectivity index (χ4n) is 3.45. The third-order valence-electron chi connectivity index (χ3n) is 5.03. The zero-order valence-corrected chi connectivity index (χ0v) is 15.3. The summed E-state index contributed by atoms with van der Waals surface area (Å²) < 4.78 is 5.88. The molecule has 0 bridgehead atoms. The van der Waals surface area contributed by atoms with Gasteiger partial charge in [0.25, 0.3) is 0 Å². The summed E-state index contributed by atoms with van der Waals surface area (Å²) in [4.78, 5) is 0. The van der Waals surface area contributed by atoms with E-state index in [4.69, 9.17) is 10.5 Å². The van der Waals surface area contributed by atoms with Crippen molar-refractivity contribution in [2.45, 2.75) is 24.9 Å². The van der Waals surface area contributed by atoms with E-state index in [0.29, 0.717) is 6.61 Å². The summed E-state index contributed by atoms with van der Waals surface area (Å²) in [5.41, 5.74) is 17.2. The van der Waals surface area contributed by atoms with Crippen LogP contribution in [-0.2, 0) is 6.42 Å². The quantitative estimate of drug-likeness (QED) is 0.578. The molecule has 4 heteroatoms. The minimum Gasteiger partial charge on any atom is -0.493 e. The van der Waals surface area contributed by atoms with Crippen LogP contribution >= 0.6 is 0 Å². The number of hydrogen-bond donors (Lipinski definition) is 3. The first-order chi connectivity index (χ1) is 13.3. The van der Waals surface area contributed by atoms with Crippen LogP contribution in [-0.4, -0.2) is 6.61 Å². The average Bonchev–Trinajstić information content (AvgIpc) is 3.20. The second-order valence-corrected chi connectivity index (χ2v) is 6.95. The highest BCUT2D eigenvalue weighted by Gasteiger charge is 2.25. The molecule has 4 rings (SSSR count). The number of ether oxygens (including phenoxy) is 1. The van der Waals surface area contributed by atoms with E-state index in [2.05, 4.69) is 71.5 Å². The summed E-state index contributed by atoms with van der Waals surface area (Å²) in [5, 5.41) is 0. The molecule has 1 heterocycles. The number of hydrazine groups is 1. The minimum absolute atomic E-state index is 0.283. The summed E-state index contributed by atoms with van der Waals surface area (Å²) >= 11 is 0. The summed E-state index contributed by atoms with van der Waals surface area (Å²) in [6.07, 6.45) is 1.91. The zero-order chi connectivity index (χ0) is 18.5. The van der Waals surface area contributed by atoms with E-state index in [1.54, 1.807) is 0 Å². The summed E-state index contributed by atoms with van der Waals surface area (Å²) in [6, 6.07) is 27.4. The van der Waals surface area contributed by atoms with Crippen LogP contribution in [0.2, 0.25) is 0 Å². The van der Waals surface area contributed by atoms with E-state index in [1.807, 2.05) is 18.2 Å². The van der Waals surface area contributed by atoms with Crippen molar-refractivity contribution >= 4 is 5.69 Å². The highest BCUT2D eigenvalue weighted by atomic mass is 16.5. The summed E-state index contributed by atoms with van der Waals surface area (Å²) in [6.45, 7) is 0.686. The van der Waals surface area contributed by atoms with Crippen LogP contribution in [0.25, 0.3) is 0 Å². The van der Waals surface area contributed by atoms with Crippen molar-refractivity contribution in [1.82, 2.24) is 10.9 Å². The topological polar surface area (TPSA) is 59.3 Å². The molecule has 0 aromatic heterocycles. The Bertz CT molecular complexity index is 847. The van der Waals surface area contributed by atoms with E-state index >= 15 is 0 Å². The fraction of sp³-hybridized carbons (Fsp3) is 0.217. The Morgan fingerprint density at radius 2 is 1.37 bits per heavy atom. The molecule has 4 nitrogen and oxygen atoms in total. The maximum atomic E-state index is 5.88. The van der Waals surface area contributed by atoms with Crippen LogP contribution in [0.4, 0.5) is 5.69 Å². The van der Waals surface area contributed by atoms with Crippen LogP contribution in [0, 0.1) is 0 Å². The molecule has 0 spiro atoms. The highest BCUT2D eigenvalue weighted by molar-refractivity contribution is 5.40.